The standard InChI is InChI=1S/C14H20N2OS/c17-14(16-11-6-7-15-9-11)13-8-10-4-2-1-3-5-12(10)18-13/h8,11,15H,1-7,9H2,(H,16,17)/t11-/m0/s1. The van der Waals surface area contributed by atoms with Crippen molar-refractivity contribution in [3.63, 3.8) is 0 Å². The van der Waals surface area contributed by atoms with Crippen LogP contribution in [0.1, 0.15) is 45.8 Å². The molecule has 2 heterocycles. The van der Waals surface area contributed by atoms with Gasteiger partial charge in [-0.1, -0.05) is 6.42 Å². The van der Waals surface area contributed by atoms with E-state index in [1.165, 1.54) is 29.7 Å². The number of nitrogens with one attached hydrogen (secondary N) is 2. The van der Waals surface area contributed by atoms with Gasteiger partial charge in [-0.2, -0.15) is 0 Å². The maximum Gasteiger partial charge on any atom is 0.261 e. The highest BCUT2D eigenvalue weighted by Gasteiger charge is 2.20. The molecule has 1 atom stereocenters. The van der Waals surface area contributed by atoms with Gasteiger partial charge in [0.1, 0.15) is 0 Å². The van der Waals surface area contributed by atoms with E-state index in [1.54, 1.807) is 11.3 Å². The van der Waals surface area contributed by atoms with E-state index in [-0.39, 0.29) is 5.91 Å². The topological polar surface area (TPSA) is 41.1 Å². The number of amides is 1. The highest BCUT2D eigenvalue weighted by Crippen LogP contribution is 2.29. The number of aryl methyl sites for hydroxylation is 2. The Bertz CT molecular complexity index is 412. The van der Waals surface area contributed by atoms with Crippen molar-refractivity contribution >= 4 is 17.2 Å². The molecule has 98 valence electrons. The third-order valence-corrected chi connectivity index (χ3v) is 5.10. The van der Waals surface area contributed by atoms with Crippen LogP contribution < -0.4 is 10.6 Å². The van der Waals surface area contributed by atoms with Crippen molar-refractivity contribution < 1.29 is 4.79 Å². The third-order valence-electron chi connectivity index (χ3n) is 3.87. The third kappa shape index (κ3) is 2.59. The molecule has 0 radical (unpaired) electrons. The van der Waals surface area contributed by atoms with E-state index >= 15 is 0 Å². The first kappa shape index (κ1) is 12.2. The van der Waals surface area contributed by atoms with Crippen LogP contribution in [-0.4, -0.2) is 25.0 Å². The average molecular weight is 264 g/mol. The molecule has 0 bridgehead atoms. The van der Waals surface area contributed by atoms with Gasteiger partial charge in [0.15, 0.2) is 0 Å². The van der Waals surface area contributed by atoms with E-state index in [0.717, 1.165) is 37.2 Å². The highest BCUT2D eigenvalue weighted by molar-refractivity contribution is 7.14. The van der Waals surface area contributed by atoms with Gasteiger partial charge >= 0.3 is 0 Å². The molecule has 0 saturated carbocycles. The smallest absolute Gasteiger partial charge is 0.261 e. The minimum absolute atomic E-state index is 0.127. The van der Waals surface area contributed by atoms with Gasteiger partial charge in [-0.25, -0.2) is 0 Å². The van der Waals surface area contributed by atoms with Gasteiger partial charge in [0.2, 0.25) is 0 Å². The van der Waals surface area contributed by atoms with Gasteiger partial charge in [0.25, 0.3) is 5.91 Å². The predicted octanol–water partition coefficient (Wildman–Crippen LogP) is 2.11. The van der Waals surface area contributed by atoms with E-state index in [0.29, 0.717) is 6.04 Å². The second-order valence-electron chi connectivity index (χ2n) is 5.28. The number of thiophene rings is 1. The number of carbonyl (C=O) groups excluding carboxylic acids is 1. The lowest BCUT2D eigenvalue weighted by Gasteiger charge is -2.09. The molecule has 1 aromatic rings. The quantitative estimate of drug-likeness (QED) is 0.803. The first-order valence-corrected chi connectivity index (χ1v) is 7.78. The molecule has 1 aliphatic heterocycles. The van der Waals surface area contributed by atoms with Gasteiger partial charge in [-0.15, -0.1) is 11.3 Å². The summed E-state index contributed by atoms with van der Waals surface area (Å²) in [6.45, 7) is 1.93. The van der Waals surface area contributed by atoms with Crippen molar-refractivity contribution in [3.05, 3.63) is 21.4 Å². The van der Waals surface area contributed by atoms with Crippen molar-refractivity contribution in [3.8, 4) is 0 Å². The predicted molar refractivity (Wildman–Crippen MR) is 74.3 cm³/mol. The normalized spacial score (nSPS) is 23.4. The number of carbonyl (C=O) groups is 1. The molecule has 2 aliphatic rings. The molecule has 3 nitrogen and oxygen atoms in total. The lowest BCUT2D eigenvalue weighted by Crippen LogP contribution is -2.35. The average Bonchev–Trinajstić information content (AvgIpc) is 2.95. The summed E-state index contributed by atoms with van der Waals surface area (Å²) >= 11 is 1.71. The van der Waals surface area contributed by atoms with E-state index in [1.807, 2.05) is 0 Å². The lowest BCUT2D eigenvalue weighted by atomic mass is 10.1. The van der Waals surface area contributed by atoms with Crippen LogP contribution in [0.4, 0.5) is 0 Å². The molecule has 18 heavy (non-hydrogen) atoms. The van der Waals surface area contributed by atoms with Crippen LogP contribution in [0.15, 0.2) is 6.07 Å². The fourth-order valence-electron chi connectivity index (χ4n) is 2.81. The maximum atomic E-state index is 12.2. The summed E-state index contributed by atoms with van der Waals surface area (Å²) in [6, 6.07) is 2.45. The Labute approximate surface area is 112 Å². The van der Waals surface area contributed by atoms with Crippen molar-refractivity contribution in [2.75, 3.05) is 13.1 Å². The van der Waals surface area contributed by atoms with Crippen LogP contribution in [0.25, 0.3) is 0 Å². The fourth-order valence-corrected chi connectivity index (χ4v) is 3.97. The molecule has 1 aromatic heterocycles. The molecule has 0 unspecified atom stereocenters. The molecule has 2 N–H and O–H groups in total. The minimum Gasteiger partial charge on any atom is -0.347 e. The van der Waals surface area contributed by atoms with Crippen LogP contribution in [0.2, 0.25) is 0 Å². The van der Waals surface area contributed by atoms with Gasteiger partial charge < -0.3 is 10.6 Å². The Kier molecular flexibility index (Phi) is 3.66. The van der Waals surface area contributed by atoms with Gasteiger partial charge in [-0.05, 0) is 50.3 Å². The SMILES string of the molecule is O=C(N[C@H]1CCNC1)c1cc2c(s1)CCCCC2. The van der Waals surface area contributed by atoms with E-state index in [4.69, 9.17) is 0 Å². The Morgan fingerprint density at radius 2 is 2.22 bits per heavy atom. The summed E-state index contributed by atoms with van der Waals surface area (Å²) in [5.41, 5.74) is 1.42. The van der Waals surface area contributed by atoms with Gasteiger partial charge in [0, 0.05) is 17.5 Å². The Balaban J connectivity index is 1.69. The van der Waals surface area contributed by atoms with E-state index in [2.05, 4.69) is 16.7 Å². The second kappa shape index (κ2) is 5.41. The molecule has 1 saturated heterocycles. The van der Waals surface area contributed by atoms with E-state index < -0.39 is 0 Å². The van der Waals surface area contributed by atoms with Crippen molar-refractivity contribution in [2.24, 2.45) is 0 Å². The molecule has 0 spiro atoms. The first-order valence-electron chi connectivity index (χ1n) is 6.96. The summed E-state index contributed by atoms with van der Waals surface area (Å²) < 4.78 is 0. The van der Waals surface area contributed by atoms with Crippen molar-refractivity contribution in [1.29, 1.82) is 0 Å². The zero-order valence-electron chi connectivity index (χ0n) is 10.6. The zero-order valence-corrected chi connectivity index (χ0v) is 11.4. The second-order valence-corrected chi connectivity index (χ2v) is 6.42. The summed E-state index contributed by atoms with van der Waals surface area (Å²) in [5.74, 6) is 0.127. The molecule has 4 heteroatoms. The Morgan fingerprint density at radius 3 is 3.06 bits per heavy atom. The molecule has 3 rings (SSSR count). The van der Waals surface area contributed by atoms with Crippen LogP contribution in [0.3, 0.4) is 0 Å². The molecular weight excluding hydrogens is 244 g/mol. The van der Waals surface area contributed by atoms with Crippen LogP contribution in [0, 0.1) is 0 Å². The zero-order chi connectivity index (χ0) is 12.4. The first-order chi connectivity index (χ1) is 8.83. The molecule has 1 amide bonds. The lowest BCUT2D eigenvalue weighted by molar-refractivity contribution is 0.0944. The largest absolute Gasteiger partial charge is 0.347 e. The fraction of sp³-hybridized carbons (Fsp3) is 0.643. The highest BCUT2D eigenvalue weighted by atomic mass is 32.1. The Hall–Kier alpha value is -0.870. The maximum absolute atomic E-state index is 12.2. The summed E-state index contributed by atoms with van der Waals surface area (Å²) in [4.78, 5) is 14.5. The molecule has 0 aromatic carbocycles. The summed E-state index contributed by atoms with van der Waals surface area (Å²) in [6.07, 6.45) is 7.26. The summed E-state index contributed by atoms with van der Waals surface area (Å²) in [5, 5.41) is 6.40. The van der Waals surface area contributed by atoms with Crippen molar-refractivity contribution in [1.82, 2.24) is 10.6 Å². The molecule has 1 fully saturated rings. The van der Waals surface area contributed by atoms with Crippen LogP contribution in [-0.2, 0) is 12.8 Å². The Morgan fingerprint density at radius 1 is 1.33 bits per heavy atom. The number of hydrogen-bond donors (Lipinski definition) is 2. The van der Waals surface area contributed by atoms with Crippen LogP contribution in [0.5, 0.6) is 0 Å². The number of hydrogen-bond acceptors (Lipinski definition) is 3. The molecular formula is C14H20N2OS. The molecule has 1 aliphatic carbocycles. The number of fused-ring (bicyclic) bond motifs is 1. The van der Waals surface area contributed by atoms with E-state index in [9.17, 15) is 4.79 Å². The summed E-state index contributed by atoms with van der Waals surface area (Å²) in [7, 11) is 0. The van der Waals surface area contributed by atoms with Gasteiger partial charge in [-0.3, -0.25) is 4.79 Å². The minimum atomic E-state index is 0.127. The van der Waals surface area contributed by atoms with Crippen LogP contribution >= 0.6 is 11.3 Å². The van der Waals surface area contributed by atoms with Gasteiger partial charge in [0.05, 0.1) is 4.88 Å². The monoisotopic (exact) mass is 264 g/mol. The number of rotatable bonds is 2. The van der Waals surface area contributed by atoms with Crippen molar-refractivity contribution in [2.45, 2.75) is 44.6 Å².